The topological polar surface area (TPSA) is 49.3 Å². The van der Waals surface area contributed by atoms with Crippen LogP contribution in [0.2, 0.25) is 0 Å². The molecule has 4 heterocycles. The maximum absolute atomic E-state index is 13.1. The Morgan fingerprint density at radius 3 is 2.25 bits per heavy atom. The summed E-state index contributed by atoms with van der Waals surface area (Å²) < 4.78 is 0. The van der Waals surface area contributed by atoms with Gasteiger partial charge in [0.25, 0.3) is 0 Å². The number of aromatic nitrogens is 2. The highest BCUT2D eigenvalue weighted by Crippen LogP contribution is 2.40. The average Bonchev–Trinajstić information content (AvgIpc) is 3.34. The van der Waals surface area contributed by atoms with Gasteiger partial charge in [0.05, 0.1) is 5.56 Å². The molecule has 3 fully saturated rings. The maximum atomic E-state index is 13.1. The van der Waals surface area contributed by atoms with Crippen molar-refractivity contribution in [1.82, 2.24) is 14.9 Å². The lowest BCUT2D eigenvalue weighted by molar-refractivity contribution is 0.0677. The molecule has 0 spiro atoms. The predicted molar refractivity (Wildman–Crippen MR) is 109 cm³/mol. The van der Waals surface area contributed by atoms with E-state index in [1.165, 1.54) is 31.2 Å². The van der Waals surface area contributed by atoms with Crippen LogP contribution in [0.25, 0.3) is 0 Å². The number of hydrogen-bond donors (Lipinski definition) is 0. The minimum Gasteiger partial charge on any atom is -0.341 e. The van der Waals surface area contributed by atoms with Gasteiger partial charge >= 0.3 is 0 Å². The zero-order chi connectivity index (χ0) is 18.9. The average molecular weight is 377 g/mol. The molecule has 3 aliphatic heterocycles. The molecule has 0 N–H and O–H groups in total. The normalized spacial score (nSPS) is 27.3. The Morgan fingerprint density at radius 2 is 1.61 bits per heavy atom. The lowest BCUT2D eigenvalue weighted by atomic mass is 9.85. The molecule has 0 saturated carbocycles. The summed E-state index contributed by atoms with van der Waals surface area (Å²) >= 11 is 0. The summed E-state index contributed by atoms with van der Waals surface area (Å²) in [5.41, 5.74) is 2.05. The van der Waals surface area contributed by atoms with E-state index in [1.54, 1.807) is 12.4 Å². The van der Waals surface area contributed by atoms with Gasteiger partial charge in [-0.2, -0.15) is 0 Å². The van der Waals surface area contributed by atoms with E-state index in [0.29, 0.717) is 17.6 Å². The van der Waals surface area contributed by atoms with Crippen LogP contribution in [0.4, 0.5) is 5.95 Å². The Balaban J connectivity index is 1.25. The third kappa shape index (κ3) is 3.44. The highest BCUT2D eigenvalue weighted by molar-refractivity contribution is 5.97. The van der Waals surface area contributed by atoms with Crippen LogP contribution < -0.4 is 4.90 Å². The van der Waals surface area contributed by atoms with Crippen LogP contribution in [0, 0.1) is 5.92 Å². The van der Waals surface area contributed by atoms with E-state index in [0.717, 1.165) is 38.4 Å². The number of anilines is 1. The van der Waals surface area contributed by atoms with E-state index in [1.807, 2.05) is 0 Å². The van der Waals surface area contributed by atoms with Crippen LogP contribution in [0.3, 0.4) is 0 Å². The van der Waals surface area contributed by atoms with Crippen LogP contribution >= 0.6 is 0 Å². The molecule has 2 atom stereocenters. The minimum absolute atomic E-state index is 0.116. The molecule has 2 aromatic rings. The molecule has 5 heteroatoms. The van der Waals surface area contributed by atoms with E-state index >= 15 is 0 Å². The van der Waals surface area contributed by atoms with E-state index in [2.05, 4.69) is 50.1 Å². The lowest BCUT2D eigenvalue weighted by Crippen LogP contribution is -2.44. The number of Topliss-reactive ketones (excluding diaryl/α,β-unsaturated/α-hetero) is 1. The van der Waals surface area contributed by atoms with Gasteiger partial charge in [-0.15, -0.1) is 0 Å². The van der Waals surface area contributed by atoms with Crippen molar-refractivity contribution in [1.29, 1.82) is 0 Å². The molecule has 0 aliphatic carbocycles. The molecule has 0 amide bonds. The lowest BCUT2D eigenvalue weighted by Gasteiger charge is -2.38. The van der Waals surface area contributed by atoms with E-state index < -0.39 is 0 Å². The molecule has 1 aromatic heterocycles. The second kappa shape index (κ2) is 7.63. The first kappa shape index (κ1) is 17.8. The number of carbonyl (C=O) groups is 1. The minimum atomic E-state index is 0.116. The number of ketones is 1. The number of benzene rings is 1. The van der Waals surface area contributed by atoms with Crippen LogP contribution in [0.5, 0.6) is 0 Å². The van der Waals surface area contributed by atoms with Crippen molar-refractivity contribution in [2.75, 3.05) is 18.0 Å². The molecular weight excluding hydrogens is 348 g/mol. The summed E-state index contributed by atoms with van der Waals surface area (Å²) in [5, 5.41) is 0. The number of hydrogen-bond acceptors (Lipinski definition) is 5. The van der Waals surface area contributed by atoms with Gasteiger partial charge in [-0.05, 0) is 44.1 Å². The van der Waals surface area contributed by atoms with Gasteiger partial charge in [0.15, 0.2) is 5.78 Å². The smallest absolute Gasteiger partial charge is 0.225 e. The molecule has 0 radical (unpaired) electrons. The van der Waals surface area contributed by atoms with Gasteiger partial charge in [-0.25, -0.2) is 9.97 Å². The molecular formula is C23H28N4O. The monoisotopic (exact) mass is 376 g/mol. The first-order valence-corrected chi connectivity index (χ1v) is 10.7. The molecule has 146 valence electrons. The van der Waals surface area contributed by atoms with Gasteiger partial charge in [0.2, 0.25) is 5.95 Å². The fourth-order valence-electron chi connectivity index (χ4n) is 5.31. The SMILES string of the molecule is O=C(c1cnc(N2CCCC2)nc1)C1CC2CCC(C1)N2Cc1ccccc1. The Labute approximate surface area is 166 Å². The van der Waals surface area contributed by atoms with Crippen molar-refractivity contribution in [3.63, 3.8) is 0 Å². The van der Waals surface area contributed by atoms with E-state index in [-0.39, 0.29) is 11.7 Å². The number of carbonyl (C=O) groups excluding carboxylic acids is 1. The van der Waals surface area contributed by atoms with Crippen molar-refractivity contribution >= 4 is 11.7 Å². The van der Waals surface area contributed by atoms with Crippen LogP contribution in [0.1, 0.15) is 54.4 Å². The van der Waals surface area contributed by atoms with Gasteiger partial charge in [0, 0.05) is 50.0 Å². The Morgan fingerprint density at radius 1 is 0.964 bits per heavy atom. The molecule has 2 bridgehead atoms. The molecule has 5 rings (SSSR count). The van der Waals surface area contributed by atoms with Crippen molar-refractivity contribution in [3.05, 3.63) is 53.9 Å². The van der Waals surface area contributed by atoms with Crippen molar-refractivity contribution in [2.45, 2.75) is 57.2 Å². The maximum Gasteiger partial charge on any atom is 0.225 e. The second-order valence-corrected chi connectivity index (χ2v) is 8.54. The second-order valence-electron chi connectivity index (χ2n) is 8.54. The third-order valence-corrected chi connectivity index (χ3v) is 6.77. The zero-order valence-corrected chi connectivity index (χ0v) is 16.3. The van der Waals surface area contributed by atoms with E-state index in [9.17, 15) is 4.79 Å². The summed E-state index contributed by atoms with van der Waals surface area (Å²) in [5.74, 6) is 1.13. The van der Waals surface area contributed by atoms with Crippen LogP contribution in [-0.2, 0) is 6.54 Å². The largest absolute Gasteiger partial charge is 0.341 e. The van der Waals surface area contributed by atoms with Crippen molar-refractivity contribution < 1.29 is 4.79 Å². The molecule has 1 aromatic carbocycles. The first-order valence-electron chi connectivity index (χ1n) is 10.7. The third-order valence-electron chi connectivity index (χ3n) is 6.77. The molecule has 3 saturated heterocycles. The molecule has 28 heavy (non-hydrogen) atoms. The molecule has 3 aliphatic rings. The molecule has 5 nitrogen and oxygen atoms in total. The first-order chi connectivity index (χ1) is 13.8. The Hall–Kier alpha value is -2.27. The fourth-order valence-corrected chi connectivity index (χ4v) is 5.31. The highest BCUT2D eigenvalue weighted by Gasteiger charge is 2.42. The quantitative estimate of drug-likeness (QED) is 0.745. The predicted octanol–water partition coefficient (Wildman–Crippen LogP) is 3.70. The summed E-state index contributed by atoms with van der Waals surface area (Å²) in [6, 6.07) is 11.8. The summed E-state index contributed by atoms with van der Waals surface area (Å²) in [6.45, 7) is 3.05. The van der Waals surface area contributed by atoms with Crippen molar-refractivity contribution in [3.8, 4) is 0 Å². The number of piperidine rings is 1. The summed E-state index contributed by atoms with van der Waals surface area (Å²) in [6.07, 6.45) is 10.3. The van der Waals surface area contributed by atoms with Crippen LogP contribution in [-0.4, -0.2) is 45.8 Å². The van der Waals surface area contributed by atoms with E-state index in [4.69, 9.17) is 0 Å². The fraction of sp³-hybridized carbons (Fsp3) is 0.522. The summed E-state index contributed by atoms with van der Waals surface area (Å²) in [7, 11) is 0. The number of nitrogens with zero attached hydrogens (tertiary/aromatic N) is 4. The highest BCUT2D eigenvalue weighted by atomic mass is 16.1. The van der Waals surface area contributed by atoms with Gasteiger partial charge < -0.3 is 4.90 Å². The van der Waals surface area contributed by atoms with Crippen LogP contribution in [0.15, 0.2) is 42.7 Å². The zero-order valence-electron chi connectivity index (χ0n) is 16.3. The molecule has 2 unspecified atom stereocenters. The number of fused-ring (bicyclic) bond motifs is 2. The van der Waals surface area contributed by atoms with Gasteiger partial charge in [0.1, 0.15) is 0 Å². The number of rotatable bonds is 5. The van der Waals surface area contributed by atoms with Gasteiger partial charge in [-0.3, -0.25) is 9.69 Å². The van der Waals surface area contributed by atoms with Gasteiger partial charge in [-0.1, -0.05) is 30.3 Å². The summed E-state index contributed by atoms with van der Waals surface area (Å²) in [4.78, 5) is 26.9. The standard InChI is InChI=1S/C23H28N4O/c28-22(19-14-24-23(25-15-19)26-10-4-5-11-26)18-12-20-8-9-21(13-18)27(20)16-17-6-2-1-3-7-17/h1-3,6-7,14-15,18,20-21H,4-5,8-13,16H2. The van der Waals surface area contributed by atoms with Crippen molar-refractivity contribution in [2.24, 2.45) is 5.92 Å². The Kier molecular flexibility index (Phi) is 4.85. The Bertz CT molecular complexity index is 802.